The van der Waals surface area contributed by atoms with E-state index in [-0.39, 0.29) is 0 Å². The van der Waals surface area contributed by atoms with Crippen molar-refractivity contribution in [1.82, 2.24) is 24.5 Å². The molecule has 0 bridgehead atoms. The monoisotopic (exact) mass is 621 g/mol. The van der Waals surface area contributed by atoms with Gasteiger partial charge in [-0.25, -0.2) is 14.3 Å². The molecule has 6 aromatic rings. The lowest BCUT2D eigenvalue weighted by Gasteiger charge is -2.36. The molecule has 0 amide bonds. The molecule has 0 fully saturated rings. The number of benzene rings is 3. The molecule has 0 radical (unpaired) electrons. The highest BCUT2D eigenvalue weighted by Crippen LogP contribution is 2.45. The number of methoxy groups -OCH3 is 1. The predicted octanol–water partition coefficient (Wildman–Crippen LogP) is 8.11. The molecule has 6 rings (SSSR count). The summed E-state index contributed by atoms with van der Waals surface area (Å²) in [5.41, 5.74) is 4.51. The molecule has 7 nitrogen and oxygen atoms in total. The quantitative estimate of drug-likeness (QED) is 0.0633. The van der Waals surface area contributed by atoms with E-state index in [1.807, 2.05) is 35.1 Å². The van der Waals surface area contributed by atoms with Gasteiger partial charge in [0, 0.05) is 32.5 Å². The van der Waals surface area contributed by atoms with E-state index < -0.39 is 13.6 Å². The van der Waals surface area contributed by atoms with E-state index >= 15 is 0 Å². The van der Waals surface area contributed by atoms with Crippen molar-refractivity contribution in [3.63, 3.8) is 0 Å². The van der Waals surface area contributed by atoms with E-state index in [2.05, 4.69) is 97.5 Å². The Bertz CT molecular complexity index is 1750. The molecular formula is C35H36ClN5O2Si. The van der Waals surface area contributed by atoms with E-state index in [1.165, 1.54) is 0 Å². The second kappa shape index (κ2) is 12.4. The van der Waals surface area contributed by atoms with Crippen LogP contribution in [0.25, 0.3) is 22.2 Å². The molecule has 0 atom stereocenters. The molecule has 3 aromatic carbocycles. The first-order chi connectivity index (χ1) is 21.3. The van der Waals surface area contributed by atoms with E-state index in [0.717, 1.165) is 39.2 Å². The molecule has 0 spiro atoms. The van der Waals surface area contributed by atoms with Crippen LogP contribution >= 0.6 is 11.6 Å². The van der Waals surface area contributed by atoms with Gasteiger partial charge in [0.05, 0.1) is 29.9 Å². The summed E-state index contributed by atoms with van der Waals surface area (Å²) in [5, 5.41) is 10.8. The normalized spacial score (nSPS) is 12.1. The zero-order valence-corrected chi connectivity index (χ0v) is 27.2. The molecule has 9 heteroatoms. The van der Waals surface area contributed by atoms with Crippen LogP contribution < -0.4 is 4.74 Å². The lowest BCUT2D eigenvalue weighted by molar-refractivity contribution is 0.0786. The molecule has 0 N–H and O–H groups in total. The van der Waals surface area contributed by atoms with Crippen LogP contribution in [0.3, 0.4) is 0 Å². The molecule has 44 heavy (non-hydrogen) atoms. The van der Waals surface area contributed by atoms with Crippen molar-refractivity contribution in [2.24, 2.45) is 0 Å². The Kier molecular flexibility index (Phi) is 8.40. The van der Waals surface area contributed by atoms with Gasteiger partial charge in [-0.05, 0) is 22.7 Å². The summed E-state index contributed by atoms with van der Waals surface area (Å²) in [6.07, 6.45) is 3.72. The minimum Gasteiger partial charge on any atom is -0.479 e. The van der Waals surface area contributed by atoms with Crippen LogP contribution in [0.4, 0.5) is 0 Å². The van der Waals surface area contributed by atoms with Crippen molar-refractivity contribution in [3.8, 4) is 17.1 Å². The lowest BCUT2D eigenvalue weighted by Crippen LogP contribution is -2.38. The van der Waals surface area contributed by atoms with Crippen LogP contribution in [-0.2, 0) is 17.0 Å². The summed E-state index contributed by atoms with van der Waals surface area (Å²) in [5.74, 6) is 0.450. The first kappa shape index (κ1) is 29.8. The van der Waals surface area contributed by atoms with Gasteiger partial charge >= 0.3 is 0 Å². The Morgan fingerprint density at radius 2 is 1.41 bits per heavy atom. The van der Waals surface area contributed by atoms with Gasteiger partial charge < -0.3 is 9.47 Å². The first-order valence-corrected chi connectivity index (χ1v) is 18.8. The number of nitrogens with zero attached hydrogens (tertiary/aromatic N) is 5. The molecule has 3 aromatic heterocycles. The molecule has 0 saturated carbocycles. The summed E-state index contributed by atoms with van der Waals surface area (Å²) >= 11 is 6.80. The SMILES string of the molecule is COc1nn(C(c2ccccc2)(c2ccccc2)c2ccccc2)c2cc(Cl)nc(-c3cnn(COCC[Si](C)(C)C)c3)c12. The molecule has 0 unspecified atom stereocenters. The van der Waals surface area contributed by atoms with Crippen LogP contribution in [0, 0.1) is 0 Å². The van der Waals surface area contributed by atoms with Crippen LogP contribution in [0.2, 0.25) is 30.8 Å². The number of hydrogen-bond acceptors (Lipinski definition) is 5. The highest BCUT2D eigenvalue weighted by molar-refractivity contribution is 6.76. The van der Waals surface area contributed by atoms with Gasteiger partial charge in [-0.2, -0.15) is 5.10 Å². The van der Waals surface area contributed by atoms with Crippen LogP contribution in [0.15, 0.2) is 109 Å². The average Bonchev–Trinajstić information content (AvgIpc) is 3.66. The number of ether oxygens (including phenoxy) is 2. The number of pyridine rings is 1. The van der Waals surface area contributed by atoms with Gasteiger partial charge in [-0.1, -0.05) is 122 Å². The number of aromatic nitrogens is 5. The Morgan fingerprint density at radius 3 is 1.93 bits per heavy atom. The fourth-order valence-electron chi connectivity index (χ4n) is 5.68. The second-order valence-corrected chi connectivity index (χ2v) is 18.0. The molecule has 0 saturated heterocycles. The number of fused-ring (bicyclic) bond motifs is 1. The fourth-order valence-corrected chi connectivity index (χ4v) is 6.62. The van der Waals surface area contributed by atoms with Crippen LogP contribution in [0.5, 0.6) is 5.88 Å². The Labute approximate surface area is 264 Å². The molecular weight excluding hydrogens is 586 g/mol. The summed E-state index contributed by atoms with van der Waals surface area (Å²) in [7, 11) is 0.455. The lowest BCUT2D eigenvalue weighted by atomic mass is 9.77. The number of halogens is 1. The van der Waals surface area contributed by atoms with Gasteiger partial charge in [0.2, 0.25) is 5.88 Å². The smallest absolute Gasteiger partial charge is 0.242 e. The average molecular weight is 622 g/mol. The number of rotatable bonds is 11. The molecule has 224 valence electrons. The Balaban J connectivity index is 1.56. The third-order valence-corrected chi connectivity index (χ3v) is 9.71. The minimum atomic E-state index is -1.18. The van der Waals surface area contributed by atoms with Gasteiger partial charge in [0.15, 0.2) is 0 Å². The van der Waals surface area contributed by atoms with Crippen molar-refractivity contribution in [3.05, 3.63) is 131 Å². The maximum absolute atomic E-state index is 6.80. The Morgan fingerprint density at radius 1 is 0.841 bits per heavy atom. The van der Waals surface area contributed by atoms with Gasteiger partial charge in [-0.15, -0.1) is 5.10 Å². The van der Waals surface area contributed by atoms with Crippen LogP contribution in [0.1, 0.15) is 16.7 Å². The summed E-state index contributed by atoms with van der Waals surface area (Å²) < 4.78 is 15.7. The van der Waals surface area contributed by atoms with Crippen molar-refractivity contribution in [2.75, 3.05) is 13.7 Å². The first-order valence-electron chi connectivity index (χ1n) is 14.7. The molecule has 0 aliphatic rings. The fraction of sp³-hybridized carbons (Fsp3) is 0.229. The van der Waals surface area contributed by atoms with E-state index in [4.69, 9.17) is 31.2 Å². The van der Waals surface area contributed by atoms with E-state index in [9.17, 15) is 0 Å². The van der Waals surface area contributed by atoms with Crippen molar-refractivity contribution < 1.29 is 9.47 Å². The maximum Gasteiger partial charge on any atom is 0.242 e. The highest BCUT2D eigenvalue weighted by Gasteiger charge is 2.41. The second-order valence-electron chi connectivity index (χ2n) is 12.0. The van der Waals surface area contributed by atoms with E-state index in [0.29, 0.717) is 30.1 Å². The molecule has 0 aliphatic heterocycles. The van der Waals surface area contributed by atoms with Gasteiger partial charge in [-0.3, -0.25) is 0 Å². The van der Waals surface area contributed by atoms with Crippen molar-refractivity contribution in [2.45, 2.75) is 38.0 Å². The number of hydrogen-bond donors (Lipinski definition) is 0. The standard InChI is InChI=1S/C35H36ClN5O2Si/c1-42-34-32-30(22-31(36)38-33(32)26-23-37-40(24-26)25-43-20-21-44(2,3)4)41(39-34)35(27-14-8-5-9-15-27,28-16-10-6-11-17-28)29-18-12-7-13-19-29/h5-19,22-24H,20-21,25H2,1-4H3. The summed E-state index contributed by atoms with van der Waals surface area (Å²) in [6, 6.07) is 34.2. The Hall–Kier alpha value is -4.24. The molecule has 3 heterocycles. The third kappa shape index (κ3) is 5.68. The maximum atomic E-state index is 6.80. The van der Waals surface area contributed by atoms with Gasteiger partial charge in [0.1, 0.15) is 17.4 Å². The molecule has 0 aliphatic carbocycles. The van der Waals surface area contributed by atoms with Crippen LogP contribution in [-0.4, -0.2) is 46.3 Å². The van der Waals surface area contributed by atoms with Crippen molar-refractivity contribution in [1.29, 1.82) is 0 Å². The summed E-state index contributed by atoms with van der Waals surface area (Å²) in [4.78, 5) is 4.78. The zero-order valence-electron chi connectivity index (χ0n) is 25.4. The zero-order chi connectivity index (χ0) is 30.7. The topological polar surface area (TPSA) is 67.0 Å². The van der Waals surface area contributed by atoms with Gasteiger partial charge in [0.25, 0.3) is 0 Å². The third-order valence-electron chi connectivity index (χ3n) is 7.81. The minimum absolute atomic E-state index is 0.346. The highest BCUT2D eigenvalue weighted by atomic mass is 35.5. The largest absolute Gasteiger partial charge is 0.479 e. The summed E-state index contributed by atoms with van der Waals surface area (Å²) in [6.45, 7) is 8.10. The van der Waals surface area contributed by atoms with Crippen molar-refractivity contribution >= 4 is 30.6 Å². The van der Waals surface area contributed by atoms with E-state index in [1.54, 1.807) is 18.0 Å². The predicted molar refractivity (Wildman–Crippen MR) is 179 cm³/mol.